The standard InChI is InChI=1S/C19H15BrN2O4/c1-11-6-13(20)3-4-15(11)21-19(23)9-14-8-17(26-22-14)12-2-5-16-18(7-12)25-10-24-16/h2-8H,9-10H2,1H3,(H,21,23). The molecule has 1 aliphatic rings. The van der Waals surface area contributed by atoms with Crippen molar-refractivity contribution in [1.82, 2.24) is 5.16 Å². The summed E-state index contributed by atoms with van der Waals surface area (Å²) in [4.78, 5) is 12.3. The third kappa shape index (κ3) is 3.43. The molecule has 1 aromatic heterocycles. The molecule has 2 aromatic carbocycles. The minimum absolute atomic E-state index is 0.129. The molecule has 0 spiro atoms. The summed E-state index contributed by atoms with van der Waals surface area (Å²) in [7, 11) is 0. The monoisotopic (exact) mass is 414 g/mol. The predicted octanol–water partition coefficient (Wildman–Crippen LogP) is 4.32. The van der Waals surface area contributed by atoms with Crippen LogP contribution in [0.3, 0.4) is 0 Å². The molecule has 0 bridgehead atoms. The van der Waals surface area contributed by atoms with Gasteiger partial charge in [-0.15, -0.1) is 0 Å². The smallest absolute Gasteiger partial charge is 0.231 e. The molecule has 0 fully saturated rings. The van der Waals surface area contributed by atoms with Gasteiger partial charge in [-0.2, -0.15) is 0 Å². The molecule has 7 heteroatoms. The average Bonchev–Trinajstić information content (AvgIpc) is 3.25. The lowest BCUT2D eigenvalue weighted by Gasteiger charge is -2.07. The highest BCUT2D eigenvalue weighted by Gasteiger charge is 2.17. The second-order valence-electron chi connectivity index (χ2n) is 5.93. The van der Waals surface area contributed by atoms with Crippen molar-refractivity contribution in [2.24, 2.45) is 0 Å². The van der Waals surface area contributed by atoms with Gasteiger partial charge in [0.25, 0.3) is 0 Å². The Balaban J connectivity index is 1.45. The minimum Gasteiger partial charge on any atom is -0.454 e. The van der Waals surface area contributed by atoms with E-state index in [2.05, 4.69) is 26.4 Å². The van der Waals surface area contributed by atoms with Crippen molar-refractivity contribution in [2.45, 2.75) is 13.3 Å². The van der Waals surface area contributed by atoms with Crippen molar-refractivity contribution in [1.29, 1.82) is 0 Å². The molecular formula is C19H15BrN2O4. The number of amides is 1. The summed E-state index contributed by atoms with van der Waals surface area (Å²) in [6, 6.07) is 13.0. The lowest BCUT2D eigenvalue weighted by Crippen LogP contribution is -2.15. The Morgan fingerprint density at radius 3 is 2.85 bits per heavy atom. The van der Waals surface area contributed by atoms with Crippen LogP contribution < -0.4 is 14.8 Å². The fourth-order valence-corrected chi connectivity index (χ4v) is 3.18. The van der Waals surface area contributed by atoms with Gasteiger partial charge in [0, 0.05) is 21.8 Å². The molecule has 0 saturated heterocycles. The van der Waals surface area contributed by atoms with Crippen LogP contribution in [0.1, 0.15) is 11.3 Å². The van der Waals surface area contributed by atoms with Crippen LogP contribution in [0.5, 0.6) is 11.5 Å². The number of hydrogen-bond acceptors (Lipinski definition) is 5. The fourth-order valence-electron chi connectivity index (χ4n) is 2.71. The minimum atomic E-state index is -0.152. The molecule has 1 N–H and O–H groups in total. The molecule has 3 aromatic rings. The molecule has 1 aliphatic heterocycles. The van der Waals surface area contributed by atoms with Crippen LogP contribution >= 0.6 is 15.9 Å². The number of halogens is 1. The third-order valence-corrected chi connectivity index (χ3v) is 4.51. The van der Waals surface area contributed by atoms with Gasteiger partial charge in [0.1, 0.15) is 0 Å². The van der Waals surface area contributed by atoms with Gasteiger partial charge in [-0.25, -0.2) is 0 Å². The number of rotatable bonds is 4. The van der Waals surface area contributed by atoms with Crippen LogP contribution in [0.25, 0.3) is 11.3 Å². The molecule has 6 nitrogen and oxygen atoms in total. The second kappa shape index (κ2) is 6.84. The summed E-state index contributed by atoms with van der Waals surface area (Å²) in [5.74, 6) is 1.80. The highest BCUT2D eigenvalue weighted by atomic mass is 79.9. The Morgan fingerprint density at radius 2 is 2.00 bits per heavy atom. The number of carbonyl (C=O) groups is 1. The quantitative estimate of drug-likeness (QED) is 0.687. The Hall–Kier alpha value is -2.80. The van der Waals surface area contributed by atoms with E-state index in [1.54, 1.807) is 6.07 Å². The molecule has 0 radical (unpaired) electrons. The number of ether oxygens (including phenoxy) is 2. The SMILES string of the molecule is Cc1cc(Br)ccc1NC(=O)Cc1cc(-c2ccc3c(c2)OCO3)on1. The van der Waals surface area contributed by atoms with Crippen molar-refractivity contribution in [2.75, 3.05) is 12.1 Å². The largest absolute Gasteiger partial charge is 0.454 e. The number of hydrogen-bond donors (Lipinski definition) is 1. The second-order valence-corrected chi connectivity index (χ2v) is 6.85. The fraction of sp³-hybridized carbons (Fsp3) is 0.158. The van der Waals surface area contributed by atoms with Gasteiger partial charge in [-0.05, 0) is 48.9 Å². The highest BCUT2D eigenvalue weighted by molar-refractivity contribution is 9.10. The van der Waals surface area contributed by atoms with Crippen LogP contribution in [-0.2, 0) is 11.2 Å². The molecule has 0 unspecified atom stereocenters. The molecule has 4 rings (SSSR count). The van der Waals surface area contributed by atoms with Crippen molar-refractivity contribution in [3.05, 3.63) is 58.2 Å². The Morgan fingerprint density at radius 1 is 1.15 bits per heavy atom. The van der Waals surface area contributed by atoms with E-state index in [0.29, 0.717) is 23.0 Å². The maximum Gasteiger partial charge on any atom is 0.231 e. The van der Waals surface area contributed by atoms with E-state index in [1.807, 2.05) is 43.3 Å². The van der Waals surface area contributed by atoms with Crippen LogP contribution in [0.2, 0.25) is 0 Å². The summed E-state index contributed by atoms with van der Waals surface area (Å²) in [6.07, 6.45) is 0.129. The van der Waals surface area contributed by atoms with Crippen LogP contribution in [-0.4, -0.2) is 17.9 Å². The highest BCUT2D eigenvalue weighted by Crippen LogP contribution is 2.36. The molecule has 0 atom stereocenters. The van der Waals surface area contributed by atoms with Crippen LogP contribution in [0.4, 0.5) is 5.69 Å². The predicted molar refractivity (Wildman–Crippen MR) is 99.3 cm³/mol. The summed E-state index contributed by atoms with van der Waals surface area (Å²) >= 11 is 3.41. The molecule has 0 aliphatic carbocycles. The van der Waals surface area contributed by atoms with Crippen LogP contribution in [0.15, 0.2) is 51.5 Å². The molecular weight excluding hydrogens is 400 g/mol. The van der Waals surface area contributed by atoms with E-state index in [9.17, 15) is 4.79 Å². The maximum absolute atomic E-state index is 12.3. The Kier molecular flexibility index (Phi) is 4.38. The van der Waals surface area contributed by atoms with Gasteiger partial charge in [0.15, 0.2) is 17.3 Å². The normalized spacial score (nSPS) is 12.2. The first-order valence-corrected chi connectivity index (χ1v) is 8.79. The number of carbonyl (C=O) groups excluding carboxylic acids is 1. The lowest BCUT2D eigenvalue weighted by atomic mass is 10.1. The molecule has 132 valence electrons. The molecule has 2 heterocycles. The zero-order valence-corrected chi connectivity index (χ0v) is 15.5. The first kappa shape index (κ1) is 16.7. The zero-order chi connectivity index (χ0) is 18.1. The number of benzene rings is 2. The van der Waals surface area contributed by atoms with Crippen molar-refractivity contribution < 1.29 is 18.8 Å². The zero-order valence-electron chi connectivity index (χ0n) is 13.9. The van der Waals surface area contributed by atoms with Crippen molar-refractivity contribution >= 4 is 27.5 Å². The number of nitrogens with one attached hydrogen (secondary N) is 1. The van der Waals surface area contributed by atoms with E-state index in [0.717, 1.165) is 21.3 Å². The van der Waals surface area contributed by atoms with Gasteiger partial charge in [0.2, 0.25) is 12.7 Å². The Labute approximate surface area is 158 Å². The van der Waals surface area contributed by atoms with Gasteiger partial charge >= 0.3 is 0 Å². The maximum atomic E-state index is 12.3. The molecule has 0 saturated carbocycles. The summed E-state index contributed by atoms with van der Waals surface area (Å²) in [5, 5.41) is 6.88. The summed E-state index contributed by atoms with van der Waals surface area (Å²) in [5.41, 5.74) is 3.13. The molecule has 26 heavy (non-hydrogen) atoms. The Bertz CT molecular complexity index is 983. The number of fused-ring (bicyclic) bond motifs is 1. The summed E-state index contributed by atoms with van der Waals surface area (Å²) < 4.78 is 17.0. The van der Waals surface area contributed by atoms with E-state index in [4.69, 9.17) is 14.0 Å². The van der Waals surface area contributed by atoms with Gasteiger partial charge < -0.3 is 19.3 Å². The third-order valence-electron chi connectivity index (χ3n) is 4.02. The van der Waals surface area contributed by atoms with E-state index in [-0.39, 0.29) is 19.1 Å². The molecule has 1 amide bonds. The van der Waals surface area contributed by atoms with Crippen molar-refractivity contribution in [3.63, 3.8) is 0 Å². The number of anilines is 1. The first-order chi connectivity index (χ1) is 12.6. The summed E-state index contributed by atoms with van der Waals surface area (Å²) in [6.45, 7) is 2.16. The van der Waals surface area contributed by atoms with E-state index < -0.39 is 0 Å². The van der Waals surface area contributed by atoms with Gasteiger partial charge in [0.05, 0.1) is 12.1 Å². The first-order valence-electron chi connectivity index (χ1n) is 8.00. The topological polar surface area (TPSA) is 73.6 Å². The van der Waals surface area contributed by atoms with E-state index in [1.165, 1.54) is 0 Å². The number of aromatic nitrogens is 1. The van der Waals surface area contributed by atoms with Crippen molar-refractivity contribution in [3.8, 4) is 22.8 Å². The van der Waals surface area contributed by atoms with Gasteiger partial charge in [-0.1, -0.05) is 21.1 Å². The van der Waals surface area contributed by atoms with E-state index >= 15 is 0 Å². The average molecular weight is 415 g/mol. The number of aryl methyl sites for hydroxylation is 1. The number of nitrogens with zero attached hydrogens (tertiary/aromatic N) is 1. The lowest BCUT2D eigenvalue weighted by molar-refractivity contribution is -0.115. The van der Waals surface area contributed by atoms with Gasteiger partial charge in [-0.3, -0.25) is 4.79 Å². The van der Waals surface area contributed by atoms with Crippen LogP contribution in [0, 0.1) is 6.92 Å².